The Hall–Kier alpha value is -3.07. The number of hydrogen-bond acceptors (Lipinski definition) is 2. The SMILES string of the molecule is CCn1ccc(-c2cnc3cc2/C=C\CC=C3Nc2ccc3c(c2)CCCCC3)c1. The first kappa shape index (κ1) is 18.9. The molecule has 0 amide bonds. The van der Waals surface area contributed by atoms with E-state index in [0.717, 1.165) is 24.4 Å². The highest BCUT2D eigenvalue weighted by atomic mass is 14.9. The van der Waals surface area contributed by atoms with Crippen LogP contribution in [0.5, 0.6) is 0 Å². The number of hydrogen-bond donors (Lipinski definition) is 1. The van der Waals surface area contributed by atoms with Gasteiger partial charge in [-0.1, -0.05) is 30.7 Å². The summed E-state index contributed by atoms with van der Waals surface area (Å²) in [5.74, 6) is 0. The van der Waals surface area contributed by atoms with Gasteiger partial charge in [0.15, 0.2) is 0 Å². The quantitative estimate of drug-likeness (QED) is 0.498. The highest BCUT2D eigenvalue weighted by molar-refractivity contribution is 5.81. The number of anilines is 1. The van der Waals surface area contributed by atoms with Crippen LogP contribution in [0, 0.1) is 0 Å². The van der Waals surface area contributed by atoms with Crippen molar-refractivity contribution in [2.75, 3.05) is 5.32 Å². The van der Waals surface area contributed by atoms with Gasteiger partial charge in [0, 0.05) is 41.9 Å². The molecule has 2 aliphatic carbocycles. The van der Waals surface area contributed by atoms with Gasteiger partial charge in [0.05, 0.1) is 11.4 Å². The average Bonchev–Trinajstić information content (AvgIpc) is 3.12. The van der Waals surface area contributed by atoms with Crippen molar-refractivity contribution >= 4 is 17.5 Å². The second-order valence-corrected chi connectivity index (χ2v) is 8.31. The van der Waals surface area contributed by atoms with Crippen LogP contribution in [0.1, 0.15) is 55.0 Å². The van der Waals surface area contributed by atoms with Crippen LogP contribution in [0.15, 0.2) is 61.1 Å². The molecule has 0 spiro atoms. The van der Waals surface area contributed by atoms with Gasteiger partial charge in [-0.05, 0) is 80.0 Å². The van der Waals surface area contributed by atoms with Crippen molar-refractivity contribution in [3.8, 4) is 11.1 Å². The number of benzene rings is 1. The summed E-state index contributed by atoms with van der Waals surface area (Å²) < 4.78 is 2.20. The third kappa shape index (κ3) is 3.85. The van der Waals surface area contributed by atoms with Gasteiger partial charge in [-0.25, -0.2) is 0 Å². The normalized spacial score (nSPS) is 16.6. The highest BCUT2D eigenvalue weighted by Gasteiger charge is 2.13. The van der Waals surface area contributed by atoms with E-state index in [0.29, 0.717) is 0 Å². The number of aryl methyl sites for hydroxylation is 3. The van der Waals surface area contributed by atoms with Gasteiger partial charge < -0.3 is 9.88 Å². The van der Waals surface area contributed by atoms with E-state index in [9.17, 15) is 0 Å². The highest BCUT2D eigenvalue weighted by Crippen LogP contribution is 2.30. The molecular formula is C27H29N3. The summed E-state index contributed by atoms with van der Waals surface area (Å²) in [4.78, 5) is 4.83. The predicted octanol–water partition coefficient (Wildman–Crippen LogP) is 6.71. The van der Waals surface area contributed by atoms with Crippen molar-refractivity contribution in [3.05, 3.63) is 83.5 Å². The van der Waals surface area contributed by atoms with E-state index in [2.05, 4.69) is 77.8 Å². The zero-order valence-electron chi connectivity index (χ0n) is 17.7. The van der Waals surface area contributed by atoms with Crippen LogP contribution in [-0.2, 0) is 19.4 Å². The summed E-state index contributed by atoms with van der Waals surface area (Å²) in [6, 6.07) is 11.3. The van der Waals surface area contributed by atoms with Gasteiger partial charge >= 0.3 is 0 Å². The van der Waals surface area contributed by atoms with Gasteiger partial charge in [0.2, 0.25) is 0 Å². The lowest BCUT2D eigenvalue weighted by Crippen LogP contribution is -2.04. The molecule has 0 fully saturated rings. The monoisotopic (exact) mass is 395 g/mol. The second-order valence-electron chi connectivity index (χ2n) is 8.31. The average molecular weight is 396 g/mol. The molecule has 1 aromatic carbocycles. The van der Waals surface area contributed by atoms with E-state index in [-0.39, 0.29) is 0 Å². The molecule has 0 radical (unpaired) electrons. The number of nitrogens with one attached hydrogen (secondary N) is 1. The molecule has 1 N–H and O–H groups in total. The Balaban J connectivity index is 1.44. The number of nitrogens with zero attached hydrogens (tertiary/aromatic N) is 2. The van der Waals surface area contributed by atoms with Crippen LogP contribution in [0.25, 0.3) is 22.9 Å². The van der Waals surface area contributed by atoms with Crippen molar-refractivity contribution in [1.29, 1.82) is 0 Å². The smallest absolute Gasteiger partial charge is 0.0867 e. The van der Waals surface area contributed by atoms with Crippen molar-refractivity contribution in [2.24, 2.45) is 0 Å². The Kier molecular flexibility index (Phi) is 5.27. The molecule has 0 saturated carbocycles. The van der Waals surface area contributed by atoms with Crippen LogP contribution >= 0.6 is 0 Å². The summed E-state index contributed by atoms with van der Waals surface area (Å²) in [6.45, 7) is 3.14. The summed E-state index contributed by atoms with van der Waals surface area (Å²) in [6.07, 6.45) is 20.3. The van der Waals surface area contributed by atoms with Gasteiger partial charge in [-0.2, -0.15) is 0 Å². The lowest BCUT2D eigenvalue weighted by molar-refractivity contribution is 0.711. The number of allylic oxidation sites excluding steroid dienone is 2. The Labute approximate surface area is 179 Å². The fourth-order valence-corrected chi connectivity index (χ4v) is 4.54. The largest absolute Gasteiger partial charge is 0.354 e. The minimum absolute atomic E-state index is 0.896. The molecule has 3 aromatic rings. The van der Waals surface area contributed by atoms with Crippen molar-refractivity contribution in [3.63, 3.8) is 0 Å². The maximum atomic E-state index is 4.83. The maximum Gasteiger partial charge on any atom is 0.0867 e. The zero-order valence-corrected chi connectivity index (χ0v) is 17.7. The lowest BCUT2D eigenvalue weighted by Gasteiger charge is -2.16. The molecule has 2 bridgehead atoms. The molecule has 0 aliphatic heterocycles. The standard InChI is InChI=1S/C27H29N3/c1-2-30-15-14-23(19-30)25-18-28-27-17-22(25)10-6-7-11-26(27)29-24-13-12-20-8-4-3-5-9-21(20)16-24/h6,10-19,29H,2-5,7-9H2,1H3/b10-6-,26-11?. The molecule has 3 nitrogen and oxygen atoms in total. The molecule has 3 heteroatoms. The first-order valence-corrected chi connectivity index (χ1v) is 11.2. The molecule has 30 heavy (non-hydrogen) atoms. The Morgan fingerprint density at radius 3 is 2.80 bits per heavy atom. The van der Waals surface area contributed by atoms with Crippen LogP contribution < -0.4 is 5.32 Å². The van der Waals surface area contributed by atoms with Crippen molar-refractivity contribution < 1.29 is 0 Å². The van der Waals surface area contributed by atoms with E-state index < -0.39 is 0 Å². The van der Waals surface area contributed by atoms with E-state index in [1.54, 1.807) is 0 Å². The third-order valence-corrected chi connectivity index (χ3v) is 6.27. The van der Waals surface area contributed by atoms with E-state index in [4.69, 9.17) is 4.98 Å². The molecule has 0 atom stereocenters. The number of aromatic nitrogens is 2. The minimum atomic E-state index is 0.896. The summed E-state index contributed by atoms with van der Waals surface area (Å²) >= 11 is 0. The minimum Gasteiger partial charge on any atom is -0.354 e. The first-order chi connectivity index (χ1) is 14.8. The Morgan fingerprint density at radius 1 is 1.03 bits per heavy atom. The summed E-state index contributed by atoms with van der Waals surface area (Å²) in [7, 11) is 0. The van der Waals surface area contributed by atoms with Gasteiger partial charge in [0.25, 0.3) is 0 Å². The maximum absolute atomic E-state index is 4.83. The lowest BCUT2D eigenvalue weighted by atomic mass is 10.00. The van der Waals surface area contributed by atoms with Gasteiger partial charge in [0.1, 0.15) is 0 Å². The molecule has 0 unspecified atom stereocenters. The fourth-order valence-electron chi connectivity index (χ4n) is 4.54. The molecule has 2 aliphatic rings. The molecule has 152 valence electrons. The van der Waals surface area contributed by atoms with Crippen LogP contribution in [0.4, 0.5) is 5.69 Å². The third-order valence-electron chi connectivity index (χ3n) is 6.27. The van der Waals surface area contributed by atoms with Crippen molar-refractivity contribution in [1.82, 2.24) is 9.55 Å². The van der Waals surface area contributed by atoms with Crippen LogP contribution in [-0.4, -0.2) is 9.55 Å². The number of rotatable bonds is 4. The fraction of sp³-hybridized carbons (Fsp3) is 0.296. The molecule has 2 aromatic heterocycles. The van der Waals surface area contributed by atoms with Gasteiger partial charge in [-0.15, -0.1) is 0 Å². The number of pyridine rings is 1. The van der Waals surface area contributed by atoms with E-state index >= 15 is 0 Å². The molecule has 0 saturated heterocycles. The topological polar surface area (TPSA) is 29.9 Å². The Morgan fingerprint density at radius 2 is 1.93 bits per heavy atom. The van der Waals surface area contributed by atoms with Crippen LogP contribution in [0.2, 0.25) is 0 Å². The summed E-state index contributed by atoms with van der Waals surface area (Å²) in [5, 5.41) is 3.66. The molecule has 2 heterocycles. The molecular weight excluding hydrogens is 366 g/mol. The second kappa shape index (κ2) is 8.35. The van der Waals surface area contributed by atoms with E-state index in [1.807, 2.05) is 6.20 Å². The Bertz CT molecular complexity index is 1120. The molecule has 5 rings (SSSR count). The predicted molar refractivity (Wildman–Crippen MR) is 126 cm³/mol. The van der Waals surface area contributed by atoms with Crippen LogP contribution in [0.3, 0.4) is 0 Å². The first-order valence-electron chi connectivity index (χ1n) is 11.2. The number of fused-ring (bicyclic) bond motifs is 3. The zero-order chi connectivity index (χ0) is 20.3. The van der Waals surface area contributed by atoms with E-state index in [1.165, 1.54) is 65.6 Å². The van der Waals surface area contributed by atoms with Gasteiger partial charge in [-0.3, -0.25) is 4.98 Å². The summed E-state index contributed by atoms with van der Waals surface area (Å²) in [5.41, 5.74) is 9.93. The van der Waals surface area contributed by atoms with Crippen molar-refractivity contribution in [2.45, 2.75) is 52.0 Å².